The van der Waals surface area contributed by atoms with Crippen molar-refractivity contribution in [1.29, 1.82) is 0 Å². The van der Waals surface area contributed by atoms with Crippen molar-refractivity contribution >= 4 is 56.2 Å². The molecule has 3 aromatic carbocycles. The molecule has 212 valence electrons. The summed E-state index contributed by atoms with van der Waals surface area (Å²) >= 11 is 3.30. The minimum Gasteiger partial charge on any atom is -0.449 e. The number of alkyl carbamates (subject to hydrolysis) is 1. The number of halogens is 1. The first-order valence-corrected chi connectivity index (χ1v) is 14.0. The van der Waals surface area contributed by atoms with Gasteiger partial charge in [0.15, 0.2) is 0 Å². The first kappa shape index (κ1) is 29.5. The molecule has 3 N–H and O–H groups in total. The highest BCUT2D eigenvalue weighted by atomic mass is 79.9. The van der Waals surface area contributed by atoms with Gasteiger partial charge in [-0.1, -0.05) is 48.5 Å². The van der Waals surface area contributed by atoms with Crippen LogP contribution in [0.5, 0.6) is 0 Å². The van der Waals surface area contributed by atoms with Crippen LogP contribution in [0.2, 0.25) is 0 Å². The average Bonchev–Trinajstić information content (AvgIpc) is 2.96. The summed E-state index contributed by atoms with van der Waals surface area (Å²) in [6.07, 6.45) is 3.84. The normalized spacial score (nSPS) is 11.4. The summed E-state index contributed by atoms with van der Waals surface area (Å²) in [6, 6.07) is 22.4. The molecule has 3 amide bonds. The number of nitrogens with zero attached hydrogens (tertiary/aromatic N) is 1. The van der Waals surface area contributed by atoms with E-state index in [1.165, 1.54) is 6.20 Å². The van der Waals surface area contributed by atoms with E-state index in [1.54, 1.807) is 24.4 Å². The van der Waals surface area contributed by atoms with Gasteiger partial charge in [-0.05, 0) is 70.9 Å². The van der Waals surface area contributed by atoms with Gasteiger partial charge in [-0.15, -0.1) is 0 Å². The van der Waals surface area contributed by atoms with E-state index in [-0.39, 0.29) is 25.2 Å². The van der Waals surface area contributed by atoms with Gasteiger partial charge in [-0.3, -0.25) is 15.1 Å². The summed E-state index contributed by atoms with van der Waals surface area (Å²) in [5.41, 5.74) is 2.77. The van der Waals surface area contributed by atoms with Crippen LogP contribution < -0.4 is 16.0 Å². The maximum Gasteiger partial charge on any atom is 0.411 e. The molecule has 41 heavy (non-hydrogen) atoms. The van der Waals surface area contributed by atoms with Gasteiger partial charge >= 0.3 is 12.2 Å². The molecule has 1 heterocycles. The third-order valence-electron chi connectivity index (χ3n) is 6.21. The molecular weight excluding hydrogens is 588 g/mol. The summed E-state index contributed by atoms with van der Waals surface area (Å²) < 4.78 is 11.3. The Hall–Kier alpha value is -4.44. The number of pyridine rings is 1. The molecule has 0 aliphatic heterocycles. The molecule has 0 fully saturated rings. The maximum atomic E-state index is 12.3. The Morgan fingerprint density at radius 2 is 1.63 bits per heavy atom. The van der Waals surface area contributed by atoms with Gasteiger partial charge in [0, 0.05) is 40.4 Å². The lowest BCUT2D eigenvalue weighted by Crippen LogP contribution is -2.33. The van der Waals surface area contributed by atoms with Gasteiger partial charge in [0.05, 0.1) is 24.5 Å². The Labute approximate surface area is 246 Å². The predicted octanol–water partition coefficient (Wildman–Crippen LogP) is 6.94. The fourth-order valence-corrected chi connectivity index (χ4v) is 4.47. The van der Waals surface area contributed by atoms with Crippen molar-refractivity contribution in [2.75, 3.05) is 23.8 Å². The Kier molecular flexibility index (Phi) is 10.7. The van der Waals surface area contributed by atoms with Crippen LogP contribution in [0.3, 0.4) is 0 Å². The van der Waals surface area contributed by atoms with Crippen molar-refractivity contribution in [3.63, 3.8) is 0 Å². The van der Waals surface area contributed by atoms with Crippen molar-refractivity contribution < 1.29 is 23.9 Å². The van der Waals surface area contributed by atoms with Gasteiger partial charge in [0.2, 0.25) is 0 Å². The van der Waals surface area contributed by atoms with E-state index in [9.17, 15) is 14.4 Å². The topological polar surface area (TPSA) is 119 Å². The molecule has 10 heteroatoms. The summed E-state index contributed by atoms with van der Waals surface area (Å²) in [6.45, 7) is 2.31. The second-order valence-electron chi connectivity index (χ2n) is 9.40. The first-order chi connectivity index (χ1) is 19.9. The highest BCUT2D eigenvalue weighted by molar-refractivity contribution is 9.10. The number of amides is 3. The zero-order valence-corrected chi connectivity index (χ0v) is 24.1. The third-order valence-corrected chi connectivity index (χ3v) is 6.64. The average molecular weight is 620 g/mol. The zero-order valence-electron chi connectivity index (χ0n) is 22.6. The molecule has 1 atom stereocenters. The zero-order chi connectivity index (χ0) is 29.0. The molecule has 4 aromatic rings. The number of ether oxygens (including phenoxy) is 2. The molecule has 0 spiro atoms. The monoisotopic (exact) mass is 618 g/mol. The number of hydrogen-bond acceptors (Lipinski definition) is 6. The second-order valence-corrected chi connectivity index (χ2v) is 10.3. The van der Waals surface area contributed by atoms with Crippen molar-refractivity contribution in [2.24, 2.45) is 0 Å². The van der Waals surface area contributed by atoms with E-state index in [1.807, 2.05) is 61.5 Å². The van der Waals surface area contributed by atoms with Crippen LogP contribution in [0.25, 0.3) is 10.8 Å². The van der Waals surface area contributed by atoms with E-state index in [4.69, 9.17) is 9.47 Å². The molecule has 0 aliphatic rings. The largest absolute Gasteiger partial charge is 0.449 e. The molecule has 0 aliphatic carbocycles. The van der Waals surface area contributed by atoms with Crippen LogP contribution in [-0.2, 0) is 15.9 Å². The number of carbonyl (C=O) groups is 3. The van der Waals surface area contributed by atoms with E-state index in [0.717, 1.165) is 20.8 Å². The van der Waals surface area contributed by atoms with E-state index < -0.39 is 12.2 Å². The number of hydrogen-bond donors (Lipinski definition) is 3. The lowest BCUT2D eigenvalue weighted by Gasteiger charge is -2.14. The summed E-state index contributed by atoms with van der Waals surface area (Å²) in [7, 11) is 0. The number of benzene rings is 3. The molecular formula is C31H31BrN4O5. The SMILES string of the molecule is CC(CCCOC(=O)Nc1cccc2ccccc12)NC(=O)OCCc1ccc(NC(=O)c2cncc(Br)c2)cc1. The lowest BCUT2D eigenvalue weighted by atomic mass is 10.1. The van der Waals surface area contributed by atoms with Crippen LogP contribution in [0.1, 0.15) is 35.7 Å². The van der Waals surface area contributed by atoms with Crippen LogP contribution in [0, 0.1) is 0 Å². The number of nitrogens with one attached hydrogen (secondary N) is 3. The van der Waals surface area contributed by atoms with Crippen molar-refractivity contribution in [2.45, 2.75) is 32.2 Å². The van der Waals surface area contributed by atoms with Crippen LogP contribution in [0.15, 0.2) is 89.7 Å². The molecule has 1 unspecified atom stereocenters. The van der Waals surface area contributed by atoms with Gasteiger partial charge < -0.3 is 20.1 Å². The number of fused-ring (bicyclic) bond motifs is 1. The lowest BCUT2D eigenvalue weighted by molar-refractivity contribution is 0.102. The van der Waals surface area contributed by atoms with E-state index in [0.29, 0.717) is 36.2 Å². The Morgan fingerprint density at radius 1 is 0.878 bits per heavy atom. The second kappa shape index (κ2) is 14.8. The molecule has 0 saturated carbocycles. The van der Waals surface area contributed by atoms with Crippen LogP contribution >= 0.6 is 15.9 Å². The molecule has 9 nitrogen and oxygen atoms in total. The van der Waals surface area contributed by atoms with Crippen LogP contribution in [-0.4, -0.2) is 42.3 Å². The Balaban J connectivity index is 1.09. The van der Waals surface area contributed by atoms with Crippen molar-refractivity contribution in [1.82, 2.24) is 10.3 Å². The summed E-state index contributed by atoms with van der Waals surface area (Å²) in [4.78, 5) is 40.7. The number of anilines is 2. The Bertz CT molecular complexity index is 1490. The summed E-state index contributed by atoms with van der Waals surface area (Å²) in [5, 5.41) is 10.4. The fourth-order valence-electron chi connectivity index (χ4n) is 4.11. The number of carbonyl (C=O) groups excluding carboxylic acids is 3. The number of rotatable bonds is 11. The number of aromatic nitrogens is 1. The molecule has 0 saturated heterocycles. The molecule has 0 bridgehead atoms. The predicted molar refractivity (Wildman–Crippen MR) is 162 cm³/mol. The van der Waals surface area contributed by atoms with Gasteiger partial charge in [-0.25, -0.2) is 9.59 Å². The van der Waals surface area contributed by atoms with Gasteiger partial charge in [-0.2, -0.15) is 0 Å². The summed E-state index contributed by atoms with van der Waals surface area (Å²) in [5.74, 6) is -0.253. The molecule has 0 radical (unpaired) electrons. The van der Waals surface area contributed by atoms with Gasteiger partial charge in [0.1, 0.15) is 0 Å². The smallest absolute Gasteiger partial charge is 0.411 e. The molecule has 4 rings (SSSR count). The highest BCUT2D eigenvalue weighted by Crippen LogP contribution is 2.23. The van der Waals surface area contributed by atoms with E-state index >= 15 is 0 Å². The minimum absolute atomic E-state index is 0.143. The first-order valence-electron chi connectivity index (χ1n) is 13.2. The Morgan fingerprint density at radius 3 is 2.44 bits per heavy atom. The quantitative estimate of drug-likeness (QED) is 0.157. The maximum absolute atomic E-state index is 12.3. The van der Waals surface area contributed by atoms with Crippen molar-refractivity contribution in [3.8, 4) is 0 Å². The van der Waals surface area contributed by atoms with Gasteiger partial charge in [0.25, 0.3) is 5.91 Å². The minimum atomic E-state index is -0.515. The van der Waals surface area contributed by atoms with Crippen LogP contribution in [0.4, 0.5) is 21.0 Å². The standard InChI is InChI=1S/C31H31BrN4O5/c1-21(6-5-16-40-31(39)36-28-10-4-8-23-7-2-3-9-27(23)28)34-30(38)41-17-15-22-11-13-26(14-12-22)35-29(37)24-18-25(32)20-33-19-24/h2-4,7-14,18-21H,5-6,15-17H2,1H3,(H,34,38)(H,35,37)(H,36,39). The third kappa shape index (κ3) is 9.32. The van der Waals surface area contributed by atoms with E-state index in [2.05, 4.69) is 36.9 Å². The molecule has 1 aromatic heterocycles. The van der Waals surface area contributed by atoms with Crippen molar-refractivity contribution in [3.05, 3.63) is 101 Å². The highest BCUT2D eigenvalue weighted by Gasteiger charge is 2.11. The fraction of sp³-hybridized carbons (Fsp3) is 0.226.